The van der Waals surface area contributed by atoms with E-state index in [1.807, 2.05) is 34.5 Å². The van der Waals surface area contributed by atoms with Gasteiger partial charge in [0.2, 0.25) is 0 Å². The molecule has 24 heavy (non-hydrogen) atoms. The van der Waals surface area contributed by atoms with Crippen molar-refractivity contribution in [3.8, 4) is 0 Å². The summed E-state index contributed by atoms with van der Waals surface area (Å²) >= 11 is 1.89. The Balaban J connectivity index is 1.94. The summed E-state index contributed by atoms with van der Waals surface area (Å²) < 4.78 is 24.7. The summed E-state index contributed by atoms with van der Waals surface area (Å²) in [6, 6.07) is 0. The molecule has 0 aliphatic carbocycles. The summed E-state index contributed by atoms with van der Waals surface area (Å²) in [7, 11) is 1.64. The summed E-state index contributed by atoms with van der Waals surface area (Å²) in [5.74, 6) is 0.335. The maximum atomic E-state index is 6.18. The summed E-state index contributed by atoms with van der Waals surface area (Å²) in [4.78, 5) is 12.6. The molecule has 10 heteroatoms. The number of fused-ring (bicyclic) bond motifs is 1. The second-order valence-corrected chi connectivity index (χ2v) is 5.95. The Morgan fingerprint density at radius 3 is 2.83 bits per heavy atom. The van der Waals surface area contributed by atoms with Crippen LogP contribution in [0.25, 0.3) is 11.2 Å². The van der Waals surface area contributed by atoms with Gasteiger partial charge in [-0.3, -0.25) is 4.57 Å². The van der Waals surface area contributed by atoms with Gasteiger partial charge in [0, 0.05) is 7.11 Å². The predicted molar refractivity (Wildman–Crippen MR) is 94.4 cm³/mol. The average Bonchev–Trinajstić information content (AvgIpc) is 3.16. The predicted octanol–water partition coefficient (Wildman–Crippen LogP) is 1.48. The third-order valence-corrected chi connectivity index (χ3v) is 4.64. The van der Waals surface area contributed by atoms with E-state index >= 15 is 0 Å². The number of ether oxygens (including phenoxy) is 3. The van der Waals surface area contributed by atoms with Gasteiger partial charge in [0.25, 0.3) is 0 Å². The molecule has 4 atom stereocenters. The minimum Gasteiger partial charge on any atom is -0.382 e. The van der Waals surface area contributed by atoms with Crippen LogP contribution < -0.4 is 5.73 Å². The highest BCUT2D eigenvalue weighted by atomic mass is 127. The third kappa shape index (κ3) is 3.20. The molecule has 3 rings (SSSR count). The van der Waals surface area contributed by atoms with E-state index in [0.717, 1.165) is 6.42 Å². The van der Waals surface area contributed by atoms with Crippen molar-refractivity contribution in [1.82, 2.24) is 19.5 Å². The van der Waals surface area contributed by atoms with Crippen LogP contribution in [0.3, 0.4) is 0 Å². The van der Waals surface area contributed by atoms with E-state index in [2.05, 4.69) is 15.0 Å². The Morgan fingerprint density at radius 1 is 1.29 bits per heavy atom. The SMILES string of the molecule is CC[C@H]1O[C@@H](n2cnc3c(N)ncnc32)[C@@H](OCCOC)C1OI. The molecule has 2 aromatic heterocycles. The summed E-state index contributed by atoms with van der Waals surface area (Å²) in [6.07, 6.45) is 2.86. The van der Waals surface area contributed by atoms with Crippen LogP contribution in [-0.2, 0) is 17.3 Å². The van der Waals surface area contributed by atoms with Crippen molar-refractivity contribution in [2.45, 2.75) is 37.9 Å². The van der Waals surface area contributed by atoms with Gasteiger partial charge < -0.3 is 23.0 Å². The fourth-order valence-corrected chi connectivity index (χ4v) is 3.49. The van der Waals surface area contributed by atoms with E-state index in [-0.39, 0.29) is 18.3 Å². The van der Waals surface area contributed by atoms with E-state index in [0.29, 0.717) is 30.2 Å². The molecule has 9 nitrogen and oxygen atoms in total. The van der Waals surface area contributed by atoms with Crippen LogP contribution in [0.5, 0.6) is 0 Å². The molecule has 0 saturated carbocycles. The van der Waals surface area contributed by atoms with E-state index in [9.17, 15) is 0 Å². The minimum atomic E-state index is -0.411. The van der Waals surface area contributed by atoms with Gasteiger partial charge in [0.1, 0.15) is 47.1 Å². The molecule has 0 spiro atoms. The zero-order chi connectivity index (χ0) is 17.1. The number of rotatable bonds is 7. The molecule has 0 bridgehead atoms. The molecule has 0 amide bonds. The highest BCUT2D eigenvalue weighted by Crippen LogP contribution is 2.37. The van der Waals surface area contributed by atoms with Gasteiger partial charge in [-0.05, 0) is 6.42 Å². The Kier molecular flexibility index (Phi) is 5.81. The Bertz CT molecular complexity index is 684. The summed E-state index contributed by atoms with van der Waals surface area (Å²) in [6.45, 7) is 2.99. The second-order valence-electron chi connectivity index (χ2n) is 5.44. The lowest BCUT2D eigenvalue weighted by atomic mass is 10.1. The topological polar surface area (TPSA) is 107 Å². The quantitative estimate of drug-likeness (QED) is 0.501. The van der Waals surface area contributed by atoms with Gasteiger partial charge in [-0.15, -0.1) is 0 Å². The number of imidazole rings is 1. The number of aromatic nitrogens is 4. The molecule has 1 fully saturated rings. The Hall–Kier alpha value is -1.08. The molecule has 1 unspecified atom stereocenters. The van der Waals surface area contributed by atoms with Crippen LogP contribution in [0.2, 0.25) is 0 Å². The Morgan fingerprint density at radius 2 is 2.12 bits per heavy atom. The summed E-state index contributed by atoms with van der Waals surface area (Å²) in [5, 5.41) is 0. The first-order valence-corrected chi connectivity index (χ1v) is 8.55. The van der Waals surface area contributed by atoms with Crippen LogP contribution in [0.4, 0.5) is 5.82 Å². The average molecular weight is 449 g/mol. The smallest absolute Gasteiger partial charge is 0.167 e. The number of nitrogen functional groups attached to an aromatic ring is 1. The summed E-state index contributed by atoms with van der Waals surface area (Å²) in [5.41, 5.74) is 7.02. The first kappa shape index (κ1) is 17.7. The number of hydrogen-bond acceptors (Lipinski definition) is 8. The van der Waals surface area contributed by atoms with Crippen molar-refractivity contribution in [2.24, 2.45) is 0 Å². The van der Waals surface area contributed by atoms with Crippen LogP contribution in [-0.4, -0.2) is 58.2 Å². The molecule has 1 aliphatic heterocycles. The highest BCUT2D eigenvalue weighted by molar-refractivity contribution is 14.1. The van der Waals surface area contributed by atoms with Gasteiger partial charge in [-0.1, -0.05) is 6.92 Å². The lowest BCUT2D eigenvalue weighted by Gasteiger charge is -2.23. The van der Waals surface area contributed by atoms with Crippen LogP contribution in [0.1, 0.15) is 19.6 Å². The number of nitrogens with zero attached hydrogens (tertiary/aromatic N) is 4. The largest absolute Gasteiger partial charge is 0.382 e. The molecule has 2 aromatic rings. The highest BCUT2D eigenvalue weighted by Gasteiger charge is 2.47. The molecular formula is C14H20IN5O4. The lowest BCUT2D eigenvalue weighted by Crippen LogP contribution is -2.35. The van der Waals surface area contributed by atoms with E-state index in [1.165, 1.54) is 6.33 Å². The molecule has 3 heterocycles. The first-order chi connectivity index (χ1) is 11.7. The van der Waals surface area contributed by atoms with Gasteiger partial charge in [0.05, 0.1) is 25.6 Å². The molecule has 1 aliphatic rings. The molecule has 0 radical (unpaired) electrons. The lowest BCUT2D eigenvalue weighted by molar-refractivity contribution is -0.0728. The maximum Gasteiger partial charge on any atom is 0.167 e. The molecule has 0 aromatic carbocycles. The fourth-order valence-electron chi connectivity index (χ4n) is 2.87. The van der Waals surface area contributed by atoms with Crippen LogP contribution >= 0.6 is 23.0 Å². The van der Waals surface area contributed by atoms with Crippen LogP contribution in [0, 0.1) is 0 Å². The monoisotopic (exact) mass is 449 g/mol. The second kappa shape index (κ2) is 7.87. The number of anilines is 1. The van der Waals surface area contributed by atoms with Crippen molar-refractivity contribution in [2.75, 3.05) is 26.1 Å². The zero-order valence-electron chi connectivity index (χ0n) is 13.5. The van der Waals surface area contributed by atoms with Crippen molar-refractivity contribution in [3.05, 3.63) is 12.7 Å². The molecule has 1 saturated heterocycles. The zero-order valence-corrected chi connectivity index (χ0v) is 15.6. The van der Waals surface area contributed by atoms with Gasteiger partial charge in [-0.25, -0.2) is 15.0 Å². The van der Waals surface area contributed by atoms with Crippen molar-refractivity contribution in [1.29, 1.82) is 0 Å². The number of nitrogens with two attached hydrogens (primary N) is 1. The number of halogens is 1. The van der Waals surface area contributed by atoms with Gasteiger partial charge in [-0.2, -0.15) is 0 Å². The number of methoxy groups -OCH3 is 1. The molecular weight excluding hydrogens is 429 g/mol. The van der Waals surface area contributed by atoms with Crippen molar-refractivity contribution >= 4 is 40.0 Å². The van der Waals surface area contributed by atoms with E-state index in [4.69, 9.17) is 23.0 Å². The molecule has 132 valence electrons. The first-order valence-electron chi connectivity index (χ1n) is 7.67. The van der Waals surface area contributed by atoms with E-state index < -0.39 is 6.23 Å². The normalized spacial score (nSPS) is 27.1. The minimum absolute atomic E-state index is 0.0870. The van der Waals surface area contributed by atoms with Crippen molar-refractivity contribution in [3.63, 3.8) is 0 Å². The van der Waals surface area contributed by atoms with Crippen LogP contribution in [0.15, 0.2) is 12.7 Å². The van der Waals surface area contributed by atoms with Crippen molar-refractivity contribution < 1.29 is 17.3 Å². The molecule has 2 N–H and O–H groups in total. The van der Waals surface area contributed by atoms with Gasteiger partial charge in [0.15, 0.2) is 17.7 Å². The number of hydrogen-bond donors (Lipinski definition) is 1. The standard InChI is InChI=1S/C14H20IN5O4/c1-3-8-10(24-15)11(22-5-4-21-2)14(23-8)20-7-19-9-12(16)17-6-18-13(9)20/h6-8,10-11,14H,3-5H2,1-2H3,(H2,16,17,18)/t8-,10?,11+,14-/m1/s1. The maximum absolute atomic E-state index is 6.18. The van der Waals surface area contributed by atoms with E-state index in [1.54, 1.807) is 13.4 Å². The Labute approximate surface area is 153 Å². The van der Waals surface area contributed by atoms with Gasteiger partial charge >= 0.3 is 0 Å². The third-order valence-electron chi connectivity index (χ3n) is 4.05. The fraction of sp³-hybridized carbons (Fsp3) is 0.643.